The molecule has 0 aliphatic heterocycles. The van der Waals surface area contributed by atoms with Crippen LogP contribution in [0.25, 0.3) is 10.9 Å². The van der Waals surface area contributed by atoms with Crippen molar-refractivity contribution in [3.8, 4) is 0 Å². The number of benzene rings is 2. The van der Waals surface area contributed by atoms with Crippen molar-refractivity contribution in [2.75, 3.05) is 23.7 Å². The molecule has 6 nitrogen and oxygen atoms in total. The SMILES string of the molecule is O=C(NCCNc1ccc2ccccc2n1)C(=O)Nc1ccccc1. The highest BCUT2D eigenvalue weighted by atomic mass is 16.2. The fourth-order valence-electron chi connectivity index (χ4n) is 2.32. The van der Waals surface area contributed by atoms with Crippen LogP contribution < -0.4 is 16.0 Å². The highest BCUT2D eigenvalue weighted by Crippen LogP contribution is 2.14. The molecule has 0 aliphatic rings. The van der Waals surface area contributed by atoms with E-state index in [1.165, 1.54) is 0 Å². The predicted octanol–water partition coefficient (Wildman–Crippen LogP) is 2.40. The molecule has 0 aliphatic carbocycles. The largest absolute Gasteiger partial charge is 0.368 e. The third-order valence-corrected chi connectivity index (χ3v) is 3.55. The van der Waals surface area contributed by atoms with E-state index in [1.54, 1.807) is 24.3 Å². The maximum Gasteiger partial charge on any atom is 0.313 e. The summed E-state index contributed by atoms with van der Waals surface area (Å²) >= 11 is 0. The van der Waals surface area contributed by atoms with Gasteiger partial charge in [0, 0.05) is 24.2 Å². The Kier molecular flexibility index (Phi) is 5.21. The van der Waals surface area contributed by atoms with Crippen LogP contribution in [0.4, 0.5) is 11.5 Å². The molecule has 1 heterocycles. The average molecular weight is 334 g/mol. The topological polar surface area (TPSA) is 83.1 Å². The van der Waals surface area contributed by atoms with Crippen LogP contribution in [0.2, 0.25) is 0 Å². The second-order valence-electron chi connectivity index (χ2n) is 5.39. The molecule has 0 atom stereocenters. The first-order valence-electron chi connectivity index (χ1n) is 7.96. The normalized spacial score (nSPS) is 10.2. The van der Waals surface area contributed by atoms with Gasteiger partial charge in [0.1, 0.15) is 5.82 Å². The van der Waals surface area contributed by atoms with Gasteiger partial charge in [-0.05, 0) is 30.3 Å². The number of aromatic nitrogens is 1. The number of pyridine rings is 1. The molecule has 126 valence electrons. The molecule has 0 bridgehead atoms. The number of anilines is 2. The summed E-state index contributed by atoms with van der Waals surface area (Å²) in [7, 11) is 0. The molecule has 3 rings (SSSR count). The average Bonchev–Trinajstić information content (AvgIpc) is 2.65. The van der Waals surface area contributed by atoms with Crippen molar-refractivity contribution in [1.29, 1.82) is 0 Å². The van der Waals surface area contributed by atoms with Crippen molar-refractivity contribution in [2.24, 2.45) is 0 Å². The van der Waals surface area contributed by atoms with E-state index in [2.05, 4.69) is 20.9 Å². The Morgan fingerprint density at radius 2 is 1.56 bits per heavy atom. The number of para-hydroxylation sites is 2. The molecule has 3 N–H and O–H groups in total. The van der Waals surface area contributed by atoms with Gasteiger partial charge in [0.2, 0.25) is 0 Å². The summed E-state index contributed by atoms with van der Waals surface area (Å²) in [6.07, 6.45) is 0. The third kappa shape index (κ3) is 4.54. The van der Waals surface area contributed by atoms with Gasteiger partial charge in [0.05, 0.1) is 5.52 Å². The highest BCUT2D eigenvalue weighted by Gasteiger charge is 2.12. The highest BCUT2D eigenvalue weighted by molar-refractivity contribution is 6.39. The Balaban J connectivity index is 1.44. The van der Waals surface area contributed by atoms with Gasteiger partial charge in [-0.25, -0.2) is 4.98 Å². The van der Waals surface area contributed by atoms with Crippen LogP contribution in [0, 0.1) is 0 Å². The monoisotopic (exact) mass is 334 g/mol. The Morgan fingerprint density at radius 1 is 0.800 bits per heavy atom. The number of hydrogen-bond donors (Lipinski definition) is 3. The Labute approximate surface area is 145 Å². The van der Waals surface area contributed by atoms with Crippen LogP contribution >= 0.6 is 0 Å². The van der Waals surface area contributed by atoms with Crippen molar-refractivity contribution in [3.63, 3.8) is 0 Å². The summed E-state index contributed by atoms with van der Waals surface area (Å²) in [5.41, 5.74) is 1.49. The van der Waals surface area contributed by atoms with Gasteiger partial charge in [0.15, 0.2) is 0 Å². The van der Waals surface area contributed by atoms with Crippen molar-refractivity contribution in [1.82, 2.24) is 10.3 Å². The molecule has 0 saturated carbocycles. The molecular weight excluding hydrogens is 316 g/mol. The number of fused-ring (bicyclic) bond motifs is 1. The minimum atomic E-state index is -0.685. The van der Waals surface area contributed by atoms with Crippen LogP contribution in [0.3, 0.4) is 0 Å². The van der Waals surface area contributed by atoms with E-state index >= 15 is 0 Å². The molecule has 0 unspecified atom stereocenters. The molecule has 0 fully saturated rings. The smallest absolute Gasteiger partial charge is 0.313 e. The van der Waals surface area contributed by atoms with Gasteiger partial charge >= 0.3 is 11.8 Å². The lowest BCUT2D eigenvalue weighted by Crippen LogP contribution is -2.37. The van der Waals surface area contributed by atoms with E-state index in [9.17, 15) is 9.59 Å². The van der Waals surface area contributed by atoms with E-state index in [0.29, 0.717) is 18.8 Å². The number of nitrogens with one attached hydrogen (secondary N) is 3. The maximum absolute atomic E-state index is 11.8. The van der Waals surface area contributed by atoms with Crippen molar-refractivity contribution in [2.45, 2.75) is 0 Å². The maximum atomic E-state index is 11.8. The summed E-state index contributed by atoms with van der Waals surface area (Å²) < 4.78 is 0. The summed E-state index contributed by atoms with van der Waals surface area (Å²) in [5, 5.41) is 9.30. The molecule has 3 aromatic rings. The van der Waals surface area contributed by atoms with E-state index in [4.69, 9.17) is 0 Å². The number of rotatable bonds is 5. The number of hydrogen-bond acceptors (Lipinski definition) is 4. The molecule has 0 saturated heterocycles. The van der Waals surface area contributed by atoms with Gasteiger partial charge in [-0.1, -0.05) is 36.4 Å². The lowest BCUT2D eigenvalue weighted by molar-refractivity contribution is -0.136. The predicted molar refractivity (Wildman–Crippen MR) is 98.3 cm³/mol. The molecule has 1 aromatic heterocycles. The lowest BCUT2D eigenvalue weighted by atomic mass is 10.2. The summed E-state index contributed by atoms with van der Waals surface area (Å²) in [4.78, 5) is 28.0. The minimum Gasteiger partial charge on any atom is -0.368 e. The van der Waals surface area contributed by atoms with E-state index in [-0.39, 0.29) is 0 Å². The van der Waals surface area contributed by atoms with Gasteiger partial charge in [-0.15, -0.1) is 0 Å². The van der Waals surface area contributed by atoms with E-state index < -0.39 is 11.8 Å². The molecule has 2 aromatic carbocycles. The second-order valence-corrected chi connectivity index (χ2v) is 5.39. The fraction of sp³-hybridized carbons (Fsp3) is 0.105. The first-order valence-corrected chi connectivity index (χ1v) is 7.96. The van der Waals surface area contributed by atoms with Crippen LogP contribution in [-0.4, -0.2) is 29.9 Å². The van der Waals surface area contributed by atoms with Crippen molar-refractivity contribution < 1.29 is 9.59 Å². The molecule has 25 heavy (non-hydrogen) atoms. The number of carbonyl (C=O) groups is 2. The Hall–Kier alpha value is -3.41. The molecule has 6 heteroatoms. The zero-order valence-electron chi connectivity index (χ0n) is 13.5. The van der Waals surface area contributed by atoms with Crippen LogP contribution in [-0.2, 0) is 9.59 Å². The molecule has 0 spiro atoms. The fourth-order valence-corrected chi connectivity index (χ4v) is 2.32. The first-order chi connectivity index (χ1) is 12.2. The van der Waals surface area contributed by atoms with E-state index in [0.717, 1.165) is 16.7 Å². The third-order valence-electron chi connectivity index (χ3n) is 3.55. The van der Waals surface area contributed by atoms with Crippen LogP contribution in [0.1, 0.15) is 0 Å². The van der Waals surface area contributed by atoms with Crippen molar-refractivity contribution >= 4 is 34.2 Å². The molecule has 2 amide bonds. The quantitative estimate of drug-likeness (QED) is 0.494. The standard InChI is InChI=1S/C19H18N4O2/c24-18(19(25)22-15-7-2-1-3-8-15)21-13-12-20-17-11-10-14-6-4-5-9-16(14)23-17/h1-11H,12-13H2,(H,20,23)(H,21,24)(H,22,25). The lowest BCUT2D eigenvalue weighted by Gasteiger charge is -2.08. The summed E-state index contributed by atoms with van der Waals surface area (Å²) in [6, 6.07) is 20.6. The zero-order valence-corrected chi connectivity index (χ0v) is 13.5. The zero-order chi connectivity index (χ0) is 17.5. The van der Waals surface area contributed by atoms with Crippen LogP contribution in [0.15, 0.2) is 66.7 Å². The number of carbonyl (C=O) groups excluding carboxylic acids is 2. The van der Waals surface area contributed by atoms with Gasteiger partial charge in [0.25, 0.3) is 0 Å². The summed E-state index contributed by atoms with van der Waals surface area (Å²) in [6.45, 7) is 0.783. The Bertz CT molecular complexity index is 881. The van der Waals surface area contributed by atoms with E-state index in [1.807, 2.05) is 42.5 Å². The van der Waals surface area contributed by atoms with Gasteiger partial charge < -0.3 is 16.0 Å². The van der Waals surface area contributed by atoms with Crippen LogP contribution in [0.5, 0.6) is 0 Å². The molecular formula is C19H18N4O2. The van der Waals surface area contributed by atoms with Crippen molar-refractivity contribution in [3.05, 3.63) is 66.7 Å². The van der Waals surface area contributed by atoms with Gasteiger partial charge in [-0.3, -0.25) is 9.59 Å². The Morgan fingerprint density at radius 3 is 2.40 bits per heavy atom. The van der Waals surface area contributed by atoms with Gasteiger partial charge in [-0.2, -0.15) is 0 Å². The first kappa shape index (κ1) is 16.4. The second kappa shape index (κ2) is 7.92. The minimum absolute atomic E-state index is 0.315. The number of nitrogens with zero attached hydrogens (tertiary/aromatic N) is 1. The summed E-state index contributed by atoms with van der Waals surface area (Å²) in [5.74, 6) is -0.631. The number of amides is 2. The molecule has 0 radical (unpaired) electrons.